The first-order valence-electron chi connectivity index (χ1n) is 3.69. The van der Waals surface area contributed by atoms with Gasteiger partial charge in [0.25, 0.3) is 0 Å². The van der Waals surface area contributed by atoms with Gasteiger partial charge < -0.3 is 21.0 Å². The number of aliphatic hydroxyl groups is 1. The van der Waals surface area contributed by atoms with Crippen LogP contribution in [0.15, 0.2) is 6.20 Å². The third-order valence-corrected chi connectivity index (χ3v) is 1.77. The molecule has 0 aliphatic heterocycles. The van der Waals surface area contributed by atoms with E-state index >= 15 is 0 Å². The van der Waals surface area contributed by atoms with Gasteiger partial charge in [0.05, 0.1) is 18.4 Å². The summed E-state index contributed by atoms with van der Waals surface area (Å²) in [6.07, 6.45) is 1.31. The zero-order chi connectivity index (χ0) is 9.84. The Morgan fingerprint density at radius 3 is 3.00 bits per heavy atom. The maximum atomic E-state index is 10.4. The van der Waals surface area contributed by atoms with Crippen LogP contribution in [0.3, 0.4) is 0 Å². The van der Waals surface area contributed by atoms with E-state index in [1.807, 2.05) is 0 Å². The normalized spacial score (nSPS) is 12.8. The maximum absolute atomic E-state index is 10.4. The van der Waals surface area contributed by atoms with E-state index in [1.54, 1.807) is 0 Å². The molecule has 0 aliphatic rings. The van der Waals surface area contributed by atoms with Gasteiger partial charge in [0.15, 0.2) is 0 Å². The molecule has 0 bridgehead atoms. The third-order valence-electron chi connectivity index (χ3n) is 1.77. The van der Waals surface area contributed by atoms with Crippen LogP contribution in [0, 0.1) is 10.1 Å². The number of nitrogens with one attached hydrogen (secondary N) is 1. The minimum Gasteiger partial charge on any atom is -0.396 e. The van der Waals surface area contributed by atoms with E-state index in [2.05, 4.69) is 10.2 Å². The Bertz CT molecular complexity index is 294. The fourth-order valence-electron chi connectivity index (χ4n) is 1.03. The molecule has 72 valence electrons. The molecule has 0 amide bonds. The van der Waals surface area contributed by atoms with E-state index in [0.717, 1.165) is 0 Å². The van der Waals surface area contributed by atoms with Crippen LogP contribution in [0.25, 0.3) is 0 Å². The number of aromatic amines is 1. The molecular formula is C6H10N4O3. The zero-order valence-corrected chi connectivity index (χ0v) is 6.80. The van der Waals surface area contributed by atoms with Crippen molar-refractivity contribution in [1.82, 2.24) is 10.2 Å². The molecule has 1 rings (SSSR count). The van der Waals surface area contributed by atoms with E-state index in [4.69, 9.17) is 10.8 Å². The Labute approximate surface area is 73.7 Å². The van der Waals surface area contributed by atoms with Crippen molar-refractivity contribution in [3.05, 3.63) is 21.9 Å². The highest BCUT2D eigenvalue weighted by Crippen LogP contribution is 2.22. The minimum absolute atomic E-state index is 0.150. The summed E-state index contributed by atoms with van der Waals surface area (Å²) in [5.41, 5.74) is 5.66. The number of nitro groups is 1. The van der Waals surface area contributed by atoms with Gasteiger partial charge in [0.2, 0.25) is 0 Å². The van der Waals surface area contributed by atoms with E-state index in [1.165, 1.54) is 6.20 Å². The molecule has 1 heterocycles. The Morgan fingerprint density at radius 1 is 1.85 bits per heavy atom. The Balaban J connectivity index is 2.98. The van der Waals surface area contributed by atoms with Crippen LogP contribution >= 0.6 is 0 Å². The molecule has 7 heteroatoms. The summed E-state index contributed by atoms with van der Waals surface area (Å²) >= 11 is 0. The summed E-state index contributed by atoms with van der Waals surface area (Å²) in [7, 11) is 0. The van der Waals surface area contributed by atoms with Crippen molar-refractivity contribution in [2.75, 3.05) is 13.2 Å². The number of nitrogens with zero attached hydrogens (tertiary/aromatic N) is 2. The molecule has 4 N–H and O–H groups in total. The van der Waals surface area contributed by atoms with Crippen LogP contribution in [0.1, 0.15) is 11.5 Å². The zero-order valence-electron chi connectivity index (χ0n) is 6.80. The van der Waals surface area contributed by atoms with Crippen molar-refractivity contribution in [2.45, 2.75) is 5.92 Å². The van der Waals surface area contributed by atoms with Crippen LogP contribution in [0.5, 0.6) is 0 Å². The molecule has 0 fully saturated rings. The lowest BCUT2D eigenvalue weighted by Gasteiger charge is -2.07. The topological polar surface area (TPSA) is 118 Å². The van der Waals surface area contributed by atoms with Gasteiger partial charge in [0, 0.05) is 12.5 Å². The fraction of sp³-hybridized carbons (Fsp3) is 0.500. The molecule has 0 aliphatic carbocycles. The number of H-pyrrole nitrogens is 1. The lowest BCUT2D eigenvalue weighted by molar-refractivity contribution is -0.390. The molecule has 0 saturated heterocycles. The van der Waals surface area contributed by atoms with Gasteiger partial charge in [-0.15, -0.1) is 5.10 Å². The Kier molecular flexibility index (Phi) is 2.93. The number of rotatable bonds is 4. The first-order chi connectivity index (χ1) is 6.20. The second-order valence-corrected chi connectivity index (χ2v) is 2.55. The predicted molar refractivity (Wildman–Crippen MR) is 44.1 cm³/mol. The lowest BCUT2D eigenvalue weighted by Crippen LogP contribution is -2.16. The van der Waals surface area contributed by atoms with Gasteiger partial charge in [-0.1, -0.05) is 5.10 Å². The molecule has 7 nitrogen and oxygen atoms in total. The summed E-state index contributed by atoms with van der Waals surface area (Å²) in [6.45, 7) is -0.0756. The average molecular weight is 186 g/mol. The quantitative estimate of drug-likeness (QED) is 0.426. The predicted octanol–water partition coefficient (Wildman–Crippen LogP) is -0.648. The van der Waals surface area contributed by atoms with Crippen LogP contribution in [0.2, 0.25) is 0 Å². The van der Waals surface area contributed by atoms with Gasteiger partial charge >= 0.3 is 5.82 Å². The highest BCUT2D eigenvalue weighted by atomic mass is 16.6. The van der Waals surface area contributed by atoms with E-state index < -0.39 is 10.8 Å². The van der Waals surface area contributed by atoms with Gasteiger partial charge in [-0.25, -0.2) is 0 Å². The second kappa shape index (κ2) is 3.97. The molecule has 13 heavy (non-hydrogen) atoms. The number of hydrogen-bond donors (Lipinski definition) is 3. The largest absolute Gasteiger partial charge is 0.396 e. The van der Waals surface area contributed by atoms with Crippen LogP contribution in [-0.2, 0) is 0 Å². The van der Waals surface area contributed by atoms with Crippen molar-refractivity contribution in [3.8, 4) is 0 Å². The highest BCUT2D eigenvalue weighted by Gasteiger charge is 2.21. The smallest absolute Gasteiger partial charge is 0.346 e. The summed E-state index contributed by atoms with van der Waals surface area (Å²) in [5, 5.41) is 25.1. The average Bonchev–Trinajstić information content (AvgIpc) is 2.55. The first kappa shape index (κ1) is 9.62. The molecule has 0 saturated carbocycles. The third kappa shape index (κ3) is 1.82. The van der Waals surface area contributed by atoms with Crippen molar-refractivity contribution in [1.29, 1.82) is 0 Å². The van der Waals surface area contributed by atoms with Crippen LogP contribution in [-0.4, -0.2) is 33.4 Å². The second-order valence-electron chi connectivity index (χ2n) is 2.55. The fourth-order valence-corrected chi connectivity index (χ4v) is 1.03. The highest BCUT2D eigenvalue weighted by molar-refractivity contribution is 5.33. The van der Waals surface area contributed by atoms with Gasteiger partial charge in [0.1, 0.15) is 0 Å². The van der Waals surface area contributed by atoms with Crippen molar-refractivity contribution < 1.29 is 10.0 Å². The SMILES string of the molecule is NCC(CO)c1cn[nH]c1[N+](=O)[O-]. The van der Waals surface area contributed by atoms with Gasteiger partial charge in [-0.2, -0.15) is 0 Å². The van der Waals surface area contributed by atoms with E-state index in [-0.39, 0.29) is 19.0 Å². The first-order valence-corrected chi connectivity index (χ1v) is 3.69. The Hall–Kier alpha value is -1.47. The van der Waals surface area contributed by atoms with E-state index in [9.17, 15) is 10.1 Å². The lowest BCUT2D eigenvalue weighted by atomic mass is 10.0. The molecule has 1 unspecified atom stereocenters. The number of aromatic nitrogens is 2. The number of aliphatic hydroxyl groups excluding tert-OH is 1. The molecule has 0 spiro atoms. The maximum Gasteiger partial charge on any atom is 0.346 e. The van der Waals surface area contributed by atoms with Crippen LogP contribution in [0.4, 0.5) is 5.82 Å². The Morgan fingerprint density at radius 2 is 2.54 bits per heavy atom. The standard InChI is InChI=1S/C6H10N4O3/c7-1-4(3-11)5-2-8-9-6(5)10(12)13/h2,4,11H,1,3,7H2,(H,8,9). The summed E-state index contributed by atoms with van der Waals surface area (Å²) < 4.78 is 0. The molecule has 0 radical (unpaired) electrons. The molecule has 1 atom stereocenters. The molecule has 1 aromatic rings. The summed E-state index contributed by atoms with van der Waals surface area (Å²) in [4.78, 5) is 9.85. The summed E-state index contributed by atoms with van der Waals surface area (Å²) in [6, 6.07) is 0. The van der Waals surface area contributed by atoms with Crippen LogP contribution < -0.4 is 5.73 Å². The summed E-state index contributed by atoms with van der Waals surface area (Å²) in [5.74, 6) is -0.636. The number of nitrogens with two attached hydrogens (primary N) is 1. The molecule has 1 aromatic heterocycles. The van der Waals surface area contributed by atoms with Crippen molar-refractivity contribution >= 4 is 5.82 Å². The minimum atomic E-state index is -0.583. The monoisotopic (exact) mass is 186 g/mol. The molecular weight excluding hydrogens is 176 g/mol. The molecule has 0 aromatic carbocycles. The number of hydrogen-bond acceptors (Lipinski definition) is 5. The van der Waals surface area contributed by atoms with Crippen molar-refractivity contribution in [2.24, 2.45) is 5.73 Å². The van der Waals surface area contributed by atoms with E-state index in [0.29, 0.717) is 5.56 Å². The van der Waals surface area contributed by atoms with Gasteiger partial charge in [-0.3, -0.25) is 0 Å². The van der Waals surface area contributed by atoms with Gasteiger partial charge in [-0.05, 0) is 4.92 Å². The van der Waals surface area contributed by atoms with Crippen molar-refractivity contribution in [3.63, 3.8) is 0 Å².